The highest BCUT2D eigenvalue weighted by Gasteiger charge is 2.25. The van der Waals surface area contributed by atoms with E-state index in [4.69, 9.17) is 4.74 Å². The molecule has 0 aliphatic heterocycles. The Labute approximate surface area is 97.9 Å². The molecule has 0 saturated carbocycles. The summed E-state index contributed by atoms with van der Waals surface area (Å²) in [5.41, 5.74) is -0.294. The molecule has 0 N–H and O–H groups in total. The summed E-state index contributed by atoms with van der Waals surface area (Å²) in [6.45, 7) is 0. The maximum Gasteiger partial charge on any atom is 0.322 e. The van der Waals surface area contributed by atoms with Gasteiger partial charge < -0.3 is 4.74 Å². The Kier molecular flexibility index (Phi) is 4.17. The number of methoxy groups -OCH3 is 1. The lowest BCUT2D eigenvalue weighted by molar-refractivity contribution is -0.131. The summed E-state index contributed by atoms with van der Waals surface area (Å²) in [6.07, 6.45) is -3.38. The van der Waals surface area contributed by atoms with E-state index in [1.165, 1.54) is 19.2 Å². The Balaban J connectivity index is 2.97. The van der Waals surface area contributed by atoms with Gasteiger partial charge in [0.1, 0.15) is 5.75 Å². The Morgan fingerprint density at radius 2 is 2.12 bits per heavy atom. The fourth-order valence-corrected chi connectivity index (χ4v) is 1.52. The van der Waals surface area contributed by atoms with Gasteiger partial charge in [-0.25, -0.2) is 0 Å². The maximum atomic E-state index is 13.1. The molecule has 0 aliphatic carbocycles. The molecule has 0 heterocycles. The van der Waals surface area contributed by atoms with E-state index < -0.39 is 17.5 Å². The van der Waals surface area contributed by atoms with Gasteiger partial charge in [-0.3, -0.25) is 4.79 Å². The number of hydrogen-bond donors (Lipinski definition) is 0. The molecular formula is C9H7BrF3NO2. The largest absolute Gasteiger partial charge is 0.496 e. The monoisotopic (exact) mass is 297 g/mol. The average molecular weight is 298 g/mol. The highest BCUT2D eigenvalue weighted by molar-refractivity contribution is 9.10. The van der Waals surface area contributed by atoms with Crippen molar-refractivity contribution < 1.29 is 22.8 Å². The van der Waals surface area contributed by atoms with Crippen LogP contribution in [0.25, 0.3) is 0 Å². The second-order valence-electron chi connectivity index (χ2n) is 2.74. The van der Waals surface area contributed by atoms with E-state index >= 15 is 0 Å². The number of alkyl halides is 2. The molecule has 0 spiro atoms. The van der Waals surface area contributed by atoms with Crippen molar-refractivity contribution in [3.63, 3.8) is 0 Å². The first-order valence-corrected chi connectivity index (χ1v) is 4.88. The molecule has 0 bridgehead atoms. The zero-order valence-corrected chi connectivity index (χ0v) is 9.67. The number of benzene rings is 1. The fraction of sp³-hybridized carbons (Fsp3) is 0.222. The van der Waals surface area contributed by atoms with Crippen molar-refractivity contribution in [3.8, 4) is 5.75 Å². The van der Waals surface area contributed by atoms with Gasteiger partial charge in [-0.2, -0.15) is 8.78 Å². The number of ether oxygens (including phenoxy) is 1. The number of carbonyl (C=O) groups is 1. The molecule has 88 valence electrons. The fourth-order valence-electron chi connectivity index (χ4n) is 0.990. The Morgan fingerprint density at radius 1 is 1.50 bits per heavy atom. The molecule has 1 rings (SSSR count). The van der Waals surface area contributed by atoms with Gasteiger partial charge in [0.05, 0.1) is 17.3 Å². The molecule has 3 nitrogen and oxygen atoms in total. The molecule has 1 aromatic carbocycles. The first-order chi connectivity index (χ1) is 7.47. The SMILES string of the molecule is COc1ccc(N(F)C(=O)C(F)F)cc1Br. The van der Waals surface area contributed by atoms with E-state index in [1.807, 2.05) is 0 Å². The Bertz CT molecular complexity index is 400. The molecular weight excluding hydrogens is 291 g/mol. The summed E-state index contributed by atoms with van der Waals surface area (Å²) in [5, 5.41) is -0.602. The summed E-state index contributed by atoms with van der Waals surface area (Å²) in [6, 6.07) is 3.67. The second-order valence-corrected chi connectivity index (χ2v) is 3.59. The summed E-state index contributed by atoms with van der Waals surface area (Å²) in [5.74, 6) is -1.50. The minimum absolute atomic E-state index is 0.294. The predicted octanol–water partition coefficient (Wildman–Crippen LogP) is 2.94. The van der Waals surface area contributed by atoms with E-state index in [0.29, 0.717) is 10.2 Å². The van der Waals surface area contributed by atoms with Crippen LogP contribution in [0.2, 0.25) is 0 Å². The van der Waals surface area contributed by atoms with Gasteiger partial charge in [0.25, 0.3) is 0 Å². The lowest BCUT2D eigenvalue weighted by Gasteiger charge is -2.12. The van der Waals surface area contributed by atoms with E-state index in [1.54, 1.807) is 0 Å². The van der Waals surface area contributed by atoms with E-state index in [0.717, 1.165) is 6.07 Å². The van der Waals surface area contributed by atoms with Gasteiger partial charge in [0.2, 0.25) is 0 Å². The zero-order valence-electron chi connectivity index (χ0n) is 8.08. The molecule has 1 amide bonds. The van der Waals surface area contributed by atoms with Gasteiger partial charge in [0, 0.05) is 0 Å². The Morgan fingerprint density at radius 3 is 2.56 bits per heavy atom. The standard InChI is InChI=1S/C9H7BrF3NO2/c1-16-7-3-2-5(4-6(7)10)14(13)9(15)8(11)12/h2-4,8H,1H3. The van der Waals surface area contributed by atoms with Crippen LogP contribution in [0.3, 0.4) is 0 Å². The molecule has 0 saturated heterocycles. The topological polar surface area (TPSA) is 29.5 Å². The predicted molar refractivity (Wildman–Crippen MR) is 55.3 cm³/mol. The maximum absolute atomic E-state index is 13.1. The second kappa shape index (κ2) is 5.20. The smallest absolute Gasteiger partial charge is 0.322 e. The molecule has 0 atom stereocenters. The van der Waals surface area contributed by atoms with E-state index in [9.17, 15) is 18.1 Å². The molecule has 1 aromatic rings. The lowest BCUT2D eigenvalue weighted by atomic mass is 10.3. The van der Waals surface area contributed by atoms with Gasteiger partial charge in [0.15, 0.2) is 0 Å². The van der Waals surface area contributed by atoms with Crippen molar-refractivity contribution in [1.29, 1.82) is 0 Å². The highest BCUT2D eigenvalue weighted by atomic mass is 79.9. The van der Waals surface area contributed by atoms with Crippen molar-refractivity contribution in [3.05, 3.63) is 22.7 Å². The van der Waals surface area contributed by atoms with Crippen LogP contribution in [0.5, 0.6) is 5.75 Å². The van der Waals surface area contributed by atoms with Gasteiger partial charge >= 0.3 is 12.3 Å². The minimum atomic E-state index is -3.38. The molecule has 0 unspecified atom stereocenters. The first-order valence-electron chi connectivity index (χ1n) is 4.08. The zero-order chi connectivity index (χ0) is 12.3. The van der Waals surface area contributed by atoms with Gasteiger partial charge in [-0.05, 0) is 34.1 Å². The molecule has 0 radical (unpaired) electrons. The van der Waals surface area contributed by atoms with Crippen molar-refractivity contribution in [1.82, 2.24) is 0 Å². The van der Waals surface area contributed by atoms with Crippen LogP contribution >= 0.6 is 15.9 Å². The summed E-state index contributed by atoms with van der Waals surface area (Å²) >= 11 is 3.04. The highest BCUT2D eigenvalue weighted by Crippen LogP contribution is 2.30. The minimum Gasteiger partial charge on any atom is -0.496 e. The third-order valence-electron chi connectivity index (χ3n) is 1.74. The number of anilines is 1. The van der Waals surface area contributed by atoms with Crippen molar-refractivity contribution >= 4 is 27.5 Å². The number of nitrogens with zero attached hydrogens (tertiary/aromatic N) is 1. The quantitative estimate of drug-likeness (QED) is 0.803. The Hall–Kier alpha value is -1.24. The third kappa shape index (κ3) is 2.66. The lowest BCUT2D eigenvalue weighted by Crippen LogP contribution is -2.28. The van der Waals surface area contributed by atoms with Crippen molar-refractivity contribution in [2.24, 2.45) is 0 Å². The van der Waals surface area contributed by atoms with E-state index in [-0.39, 0.29) is 5.69 Å². The molecule has 7 heteroatoms. The number of carbonyl (C=O) groups excluding carboxylic acids is 1. The van der Waals surface area contributed by atoms with Crippen LogP contribution < -0.4 is 9.86 Å². The van der Waals surface area contributed by atoms with Crippen LogP contribution in [-0.2, 0) is 4.79 Å². The third-order valence-corrected chi connectivity index (χ3v) is 2.36. The van der Waals surface area contributed by atoms with Crippen LogP contribution in [0, 0.1) is 0 Å². The van der Waals surface area contributed by atoms with Gasteiger partial charge in [-0.1, -0.05) is 4.48 Å². The van der Waals surface area contributed by atoms with Crippen molar-refractivity contribution in [2.45, 2.75) is 6.43 Å². The molecule has 0 aliphatic rings. The summed E-state index contributed by atoms with van der Waals surface area (Å²) in [7, 11) is 1.40. The summed E-state index contributed by atoms with van der Waals surface area (Å²) < 4.78 is 42.2. The average Bonchev–Trinajstić information content (AvgIpc) is 2.26. The van der Waals surface area contributed by atoms with Crippen molar-refractivity contribution in [2.75, 3.05) is 12.2 Å². The molecule has 0 fully saturated rings. The number of rotatable bonds is 3. The normalized spacial score (nSPS) is 10.4. The first kappa shape index (κ1) is 12.8. The van der Waals surface area contributed by atoms with Crippen LogP contribution in [0.1, 0.15) is 0 Å². The molecule has 16 heavy (non-hydrogen) atoms. The number of amides is 1. The summed E-state index contributed by atoms with van der Waals surface area (Å²) in [4.78, 5) is 10.7. The van der Waals surface area contributed by atoms with Crippen LogP contribution in [0.15, 0.2) is 22.7 Å². The van der Waals surface area contributed by atoms with Crippen LogP contribution in [0.4, 0.5) is 18.9 Å². The van der Waals surface area contributed by atoms with Gasteiger partial charge in [-0.15, -0.1) is 5.12 Å². The number of halogens is 4. The van der Waals surface area contributed by atoms with Crippen LogP contribution in [-0.4, -0.2) is 19.4 Å². The molecule has 0 aromatic heterocycles. The van der Waals surface area contributed by atoms with E-state index in [2.05, 4.69) is 15.9 Å². The number of hydrogen-bond acceptors (Lipinski definition) is 2.